The number of hydrogen-bond acceptors (Lipinski definition) is 4. The van der Waals surface area contributed by atoms with E-state index in [-0.39, 0.29) is 0 Å². The molecule has 1 aromatic heterocycles. The van der Waals surface area contributed by atoms with E-state index in [0.717, 1.165) is 28.1 Å². The molecule has 0 atom stereocenters. The zero-order chi connectivity index (χ0) is 12.8. The molecule has 0 amide bonds. The molecule has 0 unspecified atom stereocenters. The van der Waals surface area contributed by atoms with Crippen LogP contribution in [0.15, 0.2) is 35.6 Å². The minimum Gasteiger partial charge on any atom is -0.300 e. The van der Waals surface area contributed by atoms with Crippen LogP contribution in [0.3, 0.4) is 0 Å². The molecule has 18 heavy (non-hydrogen) atoms. The number of Topliss-reactive ketones (excluding diaryl/α,β-unsaturated/α-hetero) is 1. The van der Waals surface area contributed by atoms with Gasteiger partial charge >= 0.3 is 0 Å². The summed E-state index contributed by atoms with van der Waals surface area (Å²) in [6, 6.07) is 8.00. The molecule has 0 N–H and O–H groups in total. The van der Waals surface area contributed by atoms with E-state index in [1.165, 1.54) is 0 Å². The fraction of sp³-hybridized carbons (Fsp3) is 0.357. The van der Waals surface area contributed by atoms with Crippen molar-refractivity contribution < 1.29 is 4.79 Å². The SMILES string of the molecule is CCC(=O)CCCSc1ncnc2ccccc12. The lowest BCUT2D eigenvalue weighted by atomic mass is 10.2. The molecule has 0 spiro atoms. The zero-order valence-electron chi connectivity index (χ0n) is 10.4. The molecule has 2 rings (SSSR count). The highest BCUT2D eigenvalue weighted by Gasteiger charge is 2.04. The molecule has 0 aliphatic heterocycles. The summed E-state index contributed by atoms with van der Waals surface area (Å²) >= 11 is 1.70. The van der Waals surface area contributed by atoms with Gasteiger partial charge < -0.3 is 0 Å². The van der Waals surface area contributed by atoms with Crippen LogP contribution in [0.1, 0.15) is 26.2 Å². The average Bonchev–Trinajstić information content (AvgIpc) is 2.43. The van der Waals surface area contributed by atoms with Gasteiger partial charge in [0.25, 0.3) is 0 Å². The number of nitrogens with zero attached hydrogens (tertiary/aromatic N) is 2. The van der Waals surface area contributed by atoms with E-state index in [1.54, 1.807) is 18.1 Å². The average molecular weight is 260 g/mol. The summed E-state index contributed by atoms with van der Waals surface area (Å²) in [6.07, 6.45) is 3.82. The van der Waals surface area contributed by atoms with Crippen molar-refractivity contribution in [3.63, 3.8) is 0 Å². The first kappa shape index (κ1) is 13.0. The largest absolute Gasteiger partial charge is 0.300 e. The third kappa shape index (κ3) is 3.29. The van der Waals surface area contributed by atoms with Gasteiger partial charge in [-0.05, 0) is 18.2 Å². The Morgan fingerprint density at radius 3 is 2.94 bits per heavy atom. The zero-order valence-corrected chi connectivity index (χ0v) is 11.2. The number of aromatic nitrogens is 2. The minimum atomic E-state index is 0.336. The summed E-state index contributed by atoms with van der Waals surface area (Å²) in [7, 11) is 0. The highest BCUT2D eigenvalue weighted by molar-refractivity contribution is 7.99. The fourth-order valence-electron chi connectivity index (χ4n) is 1.71. The lowest BCUT2D eigenvalue weighted by molar-refractivity contribution is -0.118. The summed E-state index contributed by atoms with van der Waals surface area (Å²) < 4.78 is 0. The Bertz CT molecular complexity index is 537. The predicted molar refractivity (Wildman–Crippen MR) is 74.8 cm³/mol. The lowest BCUT2D eigenvalue weighted by Crippen LogP contribution is -1.96. The Hall–Kier alpha value is -1.42. The molecule has 3 nitrogen and oxygen atoms in total. The Kier molecular flexibility index (Phi) is 4.70. The third-order valence-electron chi connectivity index (χ3n) is 2.74. The van der Waals surface area contributed by atoms with Crippen molar-refractivity contribution in [2.75, 3.05) is 5.75 Å². The van der Waals surface area contributed by atoms with Gasteiger partial charge in [-0.1, -0.05) is 25.1 Å². The van der Waals surface area contributed by atoms with Gasteiger partial charge in [0.05, 0.1) is 5.52 Å². The van der Waals surface area contributed by atoms with Gasteiger partial charge in [-0.3, -0.25) is 4.79 Å². The van der Waals surface area contributed by atoms with Gasteiger partial charge in [0, 0.05) is 18.2 Å². The molecule has 0 fully saturated rings. The van der Waals surface area contributed by atoms with Crippen LogP contribution < -0.4 is 0 Å². The minimum absolute atomic E-state index is 0.336. The molecule has 0 saturated carbocycles. The van der Waals surface area contributed by atoms with E-state index in [4.69, 9.17) is 0 Å². The first-order chi connectivity index (χ1) is 8.81. The molecular formula is C14H16N2OS. The molecule has 94 valence electrons. The van der Waals surface area contributed by atoms with Gasteiger partial charge in [0.2, 0.25) is 0 Å². The predicted octanol–water partition coefficient (Wildman–Crippen LogP) is 3.48. The number of carbonyl (C=O) groups excluding carboxylic acids is 1. The summed E-state index contributed by atoms with van der Waals surface area (Å²) in [5, 5.41) is 2.09. The second-order valence-corrected chi connectivity index (χ2v) is 5.12. The quantitative estimate of drug-likeness (QED) is 0.453. The van der Waals surface area contributed by atoms with Crippen molar-refractivity contribution in [1.29, 1.82) is 0 Å². The number of carbonyl (C=O) groups is 1. The number of rotatable bonds is 6. The van der Waals surface area contributed by atoms with Crippen molar-refractivity contribution in [3.8, 4) is 0 Å². The monoisotopic (exact) mass is 260 g/mol. The Labute approximate surface area is 111 Å². The topological polar surface area (TPSA) is 42.9 Å². The number of hydrogen-bond donors (Lipinski definition) is 0. The summed E-state index contributed by atoms with van der Waals surface area (Å²) in [6.45, 7) is 1.91. The highest BCUT2D eigenvalue weighted by atomic mass is 32.2. The maximum Gasteiger partial charge on any atom is 0.132 e. The Balaban J connectivity index is 1.97. The van der Waals surface area contributed by atoms with Crippen LogP contribution in [0.2, 0.25) is 0 Å². The van der Waals surface area contributed by atoms with Crippen molar-refractivity contribution in [2.24, 2.45) is 0 Å². The molecule has 4 heteroatoms. The maximum absolute atomic E-state index is 11.2. The van der Waals surface area contributed by atoms with Crippen LogP contribution >= 0.6 is 11.8 Å². The van der Waals surface area contributed by atoms with E-state index in [1.807, 2.05) is 31.2 Å². The lowest BCUT2D eigenvalue weighted by Gasteiger charge is -2.04. The maximum atomic E-state index is 11.2. The van der Waals surface area contributed by atoms with Crippen molar-refractivity contribution in [1.82, 2.24) is 9.97 Å². The second-order valence-electron chi connectivity index (χ2n) is 4.04. The number of fused-ring (bicyclic) bond motifs is 1. The van der Waals surface area contributed by atoms with E-state index >= 15 is 0 Å². The van der Waals surface area contributed by atoms with E-state index in [0.29, 0.717) is 18.6 Å². The van der Waals surface area contributed by atoms with E-state index < -0.39 is 0 Å². The third-order valence-corrected chi connectivity index (χ3v) is 3.83. The molecule has 1 heterocycles. The van der Waals surface area contributed by atoms with Gasteiger partial charge in [-0.2, -0.15) is 0 Å². The molecule has 0 aliphatic rings. The number of para-hydroxylation sites is 1. The van der Waals surface area contributed by atoms with E-state index in [9.17, 15) is 4.79 Å². The van der Waals surface area contributed by atoms with Crippen molar-refractivity contribution in [3.05, 3.63) is 30.6 Å². The van der Waals surface area contributed by atoms with Crippen molar-refractivity contribution >= 4 is 28.4 Å². The fourth-order valence-corrected chi connectivity index (χ4v) is 2.64. The normalized spacial score (nSPS) is 10.7. The standard InChI is InChI=1S/C14H16N2OS/c1-2-11(17)6-5-9-18-14-12-7-3-4-8-13(12)15-10-16-14/h3-4,7-8,10H,2,5-6,9H2,1H3. The molecule has 2 aromatic rings. The van der Waals surface area contributed by atoms with Crippen LogP contribution in [0.25, 0.3) is 10.9 Å². The summed E-state index contributed by atoms with van der Waals surface area (Å²) in [5.41, 5.74) is 0.972. The molecule has 1 aromatic carbocycles. The Morgan fingerprint density at radius 1 is 1.28 bits per heavy atom. The number of ketones is 1. The molecule has 0 aliphatic carbocycles. The Morgan fingerprint density at radius 2 is 2.11 bits per heavy atom. The van der Waals surface area contributed by atoms with Gasteiger partial charge in [0.15, 0.2) is 0 Å². The second kappa shape index (κ2) is 6.50. The number of thioether (sulfide) groups is 1. The van der Waals surface area contributed by atoms with Crippen molar-refractivity contribution in [2.45, 2.75) is 31.2 Å². The molecule has 0 saturated heterocycles. The van der Waals surface area contributed by atoms with Gasteiger partial charge in [0.1, 0.15) is 17.1 Å². The van der Waals surface area contributed by atoms with Crippen LogP contribution in [-0.2, 0) is 4.79 Å². The molecule has 0 bridgehead atoms. The van der Waals surface area contributed by atoms with Gasteiger partial charge in [-0.15, -0.1) is 11.8 Å². The molecule has 0 radical (unpaired) electrons. The van der Waals surface area contributed by atoms with Crippen LogP contribution in [-0.4, -0.2) is 21.5 Å². The van der Waals surface area contributed by atoms with E-state index in [2.05, 4.69) is 9.97 Å². The molecular weight excluding hydrogens is 244 g/mol. The smallest absolute Gasteiger partial charge is 0.132 e. The van der Waals surface area contributed by atoms with Crippen LogP contribution in [0, 0.1) is 0 Å². The first-order valence-electron chi connectivity index (χ1n) is 6.15. The first-order valence-corrected chi connectivity index (χ1v) is 7.14. The highest BCUT2D eigenvalue weighted by Crippen LogP contribution is 2.24. The number of benzene rings is 1. The summed E-state index contributed by atoms with van der Waals surface area (Å²) in [5.74, 6) is 1.26. The van der Waals surface area contributed by atoms with Gasteiger partial charge in [-0.25, -0.2) is 9.97 Å². The van der Waals surface area contributed by atoms with Crippen LogP contribution in [0.5, 0.6) is 0 Å². The summed E-state index contributed by atoms with van der Waals surface area (Å²) in [4.78, 5) is 19.7. The van der Waals surface area contributed by atoms with Crippen LogP contribution in [0.4, 0.5) is 0 Å².